The number of aromatic nitrogens is 1. The third-order valence-electron chi connectivity index (χ3n) is 3.17. The van der Waals surface area contributed by atoms with E-state index in [0.717, 1.165) is 0 Å². The van der Waals surface area contributed by atoms with Crippen molar-refractivity contribution >= 4 is 43.5 Å². The van der Waals surface area contributed by atoms with Gasteiger partial charge in [0.15, 0.2) is 0 Å². The number of nitrogens with one attached hydrogen (secondary N) is 1. The molecule has 2 rings (SSSR count). The van der Waals surface area contributed by atoms with E-state index >= 15 is 0 Å². The van der Waals surface area contributed by atoms with Crippen molar-refractivity contribution in [2.75, 3.05) is 25.0 Å². The average Bonchev–Trinajstić information content (AvgIpc) is 2.40. The van der Waals surface area contributed by atoms with Crippen LogP contribution in [0.3, 0.4) is 0 Å². The quantitative estimate of drug-likeness (QED) is 0.851. The van der Waals surface area contributed by atoms with E-state index in [0.29, 0.717) is 40.4 Å². The van der Waals surface area contributed by atoms with Crippen LogP contribution in [0.15, 0.2) is 21.6 Å². The molecule has 118 valence electrons. The Morgan fingerprint density at radius 2 is 2.05 bits per heavy atom. The lowest BCUT2D eigenvalue weighted by molar-refractivity contribution is 0.405. The van der Waals surface area contributed by atoms with E-state index in [1.54, 1.807) is 16.6 Å². The van der Waals surface area contributed by atoms with Gasteiger partial charge in [-0.05, 0) is 28.9 Å². The third-order valence-corrected chi connectivity index (χ3v) is 6.67. The molecule has 21 heavy (non-hydrogen) atoms. The fraction of sp³-hybridized carbons (Fsp3) is 0.615. The van der Waals surface area contributed by atoms with Crippen molar-refractivity contribution in [3.63, 3.8) is 0 Å². The van der Waals surface area contributed by atoms with Crippen molar-refractivity contribution in [2.24, 2.45) is 0 Å². The first kappa shape index (κ1) is 17.1. The molecule has 1 aliphatic heterocycles. The molecule has 2 heterocycles. The number of hydrogen-bond acceptors (Lipinski definition) is 5. The summed E-state index contributed by atoms with van der Waals surface area (Å²) in [6, 6.07) is 1.62. The maximum Gasteiger partial charge on any atom is 0.246 e. The van der Waals surface area contributed by atoms with Crippen LogP contribution in [0.25, 0.3) is 0 Å². The highest BCUT2D eigenvalue weighted by molar-refractivity contribution is 9.10. The summed E-state index contributed by atoms with van der Waals surface area (Å²) in [5, 5.41) is 3.62. The van der Waals surface area contributed by atoms with Crippen molar-refractivity contribution < 1.29 is 8.42 Å². The van der Waals surface area contributed by atoms with Gasteiger partial charge in [-0.15, -0.1) is 0 Å². The maximum atomic E-state index is 12.9. The molecule has 1 saturated heterocycles. The number of thioether (sulfide) groups is 1. The number of sulfonamides is 1. The molecule has 1 N–H and O–H groups in total. The molecule has 0 saturated carbocycles. The van der Waals surface area contributed by atoms with Crippen molar-refractivity contribution in [3.8, 4) is 0 Å². The SMILES string of the molecule is CCNc1ncc(Br)cc1S(=O)(=O)N1CC(C)SC(C)C1. The Hall–Kier alpha value is -0.310. The fourth-order valence-corrected chi connectivity index (χ4v) is 6.14. The van der Waals surface area contributed by atoms with Crippen LogP contribution in [0.1, 0.15) is 20.8 Å². The first-order valence-electron chi connectivity index (χ1n) is 6.89. The molecule has 0 aliphatic carbocycles. The van der Waals surface area contributed by atoms with Crippen molar-refractivity contribution in [1.29, 1.82) is 0 Å². The monoisotopic (exact) mass is 393 g/mol. The van der Waals surface area contributed by atoms with Crippen LogP contribution in [0, 0.1) is 0 Å². The van der Waals surface area contributed by atoms with E-state index in [4.69, 9.17) is 0 Å². The van der Waals surface area contributed by atoms with Gasteiger partial charge >= 0.3 is 0 Å². The summed E-state index contributed by atoms with van der Waals surface area (Å²) in [7, 11) is -3.54. The molecular formula is C13H20BrN3O2S2. The van der Waals surface area contributed by atoms with Gasteiger partial charge in [0.1, 0.15) is 10.7 Å². The van der Waals surface area contributed by atoms with E-state index in [9.17, 15) is 8.42 Å². The standard InChI is InChI=1S/C13H20BrN3O2S2/c1-4-15-13-12(5-11(14)6-16-13)21(18,19)17-7-9(2)20-10(3)8-17/h5-6,9-10H,4,7-8H2,1-3H3,(H,15,16). The zero-order valence-corrected chi connectivity index (χ0v) is 15.6. The molecule has 2 atom stereocenters. The van der Waals surface area contributed by atoms with Gasteiger partial charge in [0.25, 0.3) is 0 Å². The normalized spacial score (nSPS) is 24.0. The molecule has 1 aromatic heterocycles. The predicted molar refractivity (Wildman–Crippen MR) is 91.4 cm³/mol. The summed E-state index contributed by atoms with van der Waals surface area (Å²) in [6.45, 7) is 7.74. The largest absolute Gasteiger partial charge is 0.369 e. The van der Waals surface area contributed by atoms with Gasteiger partial charge in [-0.2, -0.15) is 16.1 Å². The third kappa shape index (κ3) is 3.91. The molecule has 0 bridgehead atoms. The number of halogens is 1. The molecule has 5 nitrogen and oxygen atoms in total. The molecule has 8 heteroatoms. The molecule has 0 radical (unpaired) electrons. The Balaban J connectivity index is 2.41. The first-order chi connectivity index (χ1) is 9.84. The molecule has 0 amide bonds. The Morgan fingerprint density at radius 3 is 2.62 bits per heavy atom. The zero-order chi connectivity index (χ0) is 15.6. The minimum Gasteiger partial charge on any atom is -0.369 e. The minimum absolute atomic E-state index is 0.241. The molecule has 1 aromatic rings. The highest BCUT2D eigenvalue weighted by Crippen LogP contribution is 2.31. The van der Waals surface area contributed by atoms with E-state index < -0.39 is 10.0 Å². The van der Waals surface area contributed by atoms with Crippen LogP contribution in [0.5, 0.6) is 0 Å². The molecule has 2 unspecified atom stereocenters. The van der Waals surface area contributed by atoms with Gasteiger partial charge in [0.05, 0.1) is 0 Å². The van der Waals surface area contributed by atoms with Crippen LogP contribution in [-0.2, 0) is 10.0 Å². The topological polar surface area (TPSA) is 62.3 Å². The van der Waals surface area contributed by atoms with E-state index in [-0.39, 0.29) is 4.90 Å². The second-order valence-electron chi connectivity index (χ2n) is 5.11. The van der Waals surface area contributed by atoms with Crippen LogP contribution in [0.4, 0.5) is 5.82 Å². The molecular weight excluding hydrogens is 374 g/mol. The molecule has 1 fully saturated rings. The summed E-state index contributed by atoms with van der Waals surface area (Å²) in [6.07, 6.45) is 1.61. The summed E-state index contributed by atoms with van der Waals surface area (Å²) in [5.74, 6) is 0.416. The lowest BCUT2D eigenvalue weighted by Gasteiger charge is -2.33. The van der Waals surface area contributed by atoms with E-state index in [1.165, 1.54) is 0 Å². The Bertz CT molecular complexity index is 599. The summed E-state index contributed by atoms with van der Waals surface area (Å²) in [5.41, 5.74) is 0. The van der Waals surface area contributed by atoms with Gasteiger partial charge in [0.2, 0.25) is 10.0 Å². The van der Waals surface area contributed by atoms with Crippen LogP contribution in [0.2, 0.25) is 0 Å². The van der Waals surface area contributed by atoms with Gasteiger partial charge in [0, 0.05) is 40.8 Å². The Kier molecular flexibility index (Phi) is 5.56. The number of hydrogen-bond donors (Lipinski definition) is 1. The van der Waals surface area contributed by atoms with Crippen molar-refractivity contribution in [2.45, 2.75) is 36.2 Å². The molecule has 1 aliphatic rings. The smallest absolute Gasteiger partial charge is 0.246 e. The predicted octanol–water partition coefficient (Wildman–Crippen LogP) is 2.79. The zero-order valence-electron chi connectivity index (χ0n) is 12.3. The summed E-state index contributed by atoms with van der Waals surface area (Å²) < 4.78 is 28.1. The van der Waals surface area contributed by atoms with Gasteiger partial charge in [-0.1, -0.05) is 13.8 Å². The second-order valence-corrected chi connectivity index (χ2v) is 9.81. The fourth-order valence-electron chi connectivity index (χ4n) is 2.38. The number of anilines is 1. The Labute approximate surface area is 139 Å². The van der Waals surface area contributed by atoms with Crippen molar-refractivity contribution in [3.05, 3.63) is 16.7 Å². The summed E-state index contributed by atoms with van der Waals surface area (Å²) in [4.78, 5) is 4.44. The van der Waals surface area contributed by atoms with Crippen LogP contribution in [-0.4, -0.2) is 47.8 Å². The highest BCUT2D eigenvalue weighted by atomic mass is 79.9. The van der Waals surface area contributed by atoms with Crippen LogP contribution >= 0.6 is 27.7 Å². The van der Waals surface area contributed by atoms with Gasteiger partial charge in [-0.3, -0.25) is 0 Å². The number of rotatable bonds is 4. The van der Waals surface area contributed by atoms with Crippen LogP contribution < -0.4 is 5.32 Å². The van der Waals surface area contributed by atoms with E-state index in [2.05, 4.69) is 40.1 Å². The molecule has 0 aromatic carbocycles. The molecule has 0 spiro atoms. The van der Waals surface area contributed by atoms with E-state index in [1.807, 2.05) is 18.7 Å². The lowest BCUT2D eigenvalue weighted by atomic mass is 10.4. The van der Waals surface area contributed by atoms with Gasteiger partial charge < -0.3 is 5.32 Å². The van der Waals surface area contributed by atoms with Crippen molar-refractivity contribution in [1.82, 2.24) is 9.29 Å². The summed E-state index contributed by atoms with van der Waals surface area (Å²) >= 11 is 5.14. The first-order valence-corrected chi connectivity index (χ1v) is 10.1. The highest BCUT2D eigenvalue weighted by Gasteiger charge is 2.34. The number of nitrogens with zero attached hydrogens (tertiary/aromatic N) is 2. The number of pyridine rings is 1. The second kappa shape index (κ2) is 6.85. The maximum absolute atomic E-state index is 12.9. The van der Waals surface area contributed by atoms with Gasteiger partial charge in [-0.25, -0.2) is 13.4 Å². The average molecular weight is 394 g/mol. The lowest BCUT2D eigenvalue weighted by Crippen LogP contribution is -2.44. The Morgan fingerprint density at radius 1 is 1.43 bits per heavy atom. The minimum atomic E-state index is -3.54.